The quantitative estimate of drug-likeness (QED) is 0.773. The molecule has 1 fully saturated rings. The van der Waals surface area contributed by atoms with Gasteiger partial charge in [0.15, 0.2) is 0 Å². The molecule has 1 amide bonds. The summed E-state index contributed by atoms with van der Waals surface area (Å²) in [6.07, 6.45) is 10.2. The molecule has 0 saturated heterocycles. The molecule has 0 aromatic heterocycles. The van der Waals surface area contributed by atoms with Gasteiger partial charge in [-0.3, -0.25) is 4.79 Å². The highest BCUT2D eigenvalue weighted by molar-refractivity contribution is 5.76. The molecule has 1 unspecified atom stereocenters. The monoisotopic (exact) mass is 226 g/mol. The SMILES string of the molecule is CC(N)CCC(=O)NC1CCCCCCC1. The van der Waals surface area contributed by atoms with Crippen LogP contribution in [-0.4, -0.2) is 18.0 Å². The van der Waals surface area contributed by atoms with E-state index in [1.807, 2.05) is 6.92 Å². The van der Waals surface area contributed by atoms with E-state index < -0.39 is 0 Å². The molecule has 0 heterocycles. The Hall–Kier alpha value is -0.570. The van der Waals surface area contributed by atoms with E-state index in [2.05, 4.69) is 5.32 Å². The maximum atomic E-state index is 11.6. The highest BCUT2D eigenvalue weighted by Gasteiger charge is 2.13. The molecule has 0 spiro atoms. The normalized spacial score (nSPS) is 20.9. The molecular formula is C13H26N2O. The van der Waals surface area contributed by atoms with Crippen molar-refractivity contribution in [3.05, 3.63) is 0 Å². The molecular weight excluding hydrogens is 200 g/mol. The molecule has 1 saturated carbocycles. The van der Waals surface area contributed by atoms with Gasteiger partial charge in [-0.15, -0.1) is 0 Å². The van der Waals surface area contributed by atoms with Crippen molar-refractivity contribution in [3.8, 4) is 0 Å². The van der Waals surface area contributed by atoms with Crippen molar-refractivity contribution in [2.45, 2.75) is 76.8 Å². The van der Waals surface area contributed by atoms with Crippen molar-refractivity contribution in [2.75, 3.05) is 0 Å². The minimum atomic E-state index is 0.128. The molecule has 0 aromatic carbocycles. The van der Waals surface area contributed by atoms with E-state index in [0.717, 1.165) is 19.3 Å². The van der Waals surface area contributed by atoms with Crippen LogP contribution in [0.5, 0.6) is 0 Å². The molecule has 3 heteroatoms. The smallest absolute Gasteiger partial charge is 0.220 e. The lowest BCUT2D eigenvalue weighted by molar-refractivity contribution is -0.122. The minimum absolute atomic E-state index is 0.128. The molecule has 3 N–H and O–H groups in total. The summed E-state index contributed by atoms with van der Waals surface area (Å²) < 4.78 is 0. The number of hydrogen-bond donors (Lipinski definition) is 2. The van der Waals surface area contributed by atoms with Gasteiger partial charge in [-0.25, -0.2) is 0 Å². The summed E-state index contributed by atoms with van der Waals surface area (Å²) in [6, 6.07) is 0.545. The van der Waals surface area contributed by atoms with Crippen molar-refractivity contribution in [3.63, 3.8) is 0 Å². The van der Waals surface area contributed by atoms with Gasteiger partial charge in [0.2, 0.25) is 5.91 Å². The fraction of sp³-hybridized carbons (Fsp3) is 0.923. The van der Waals surface area contributed by atoms with Crippen LogP contribution in [0.2, 0.25) is 0 Å². The van der Waals surface area contributed by atoms with Gasteiger partial charge < -0.3 is 11.1 Å². The van der Waals surface area contributed by atoms with Gasteiger partial charge in [-0.05, 0) is 26.2 Å². The standard InChI is InChI=1S/C13H26N2O/c1-11(14)9-10-13(16)15-12-7-5-3-2-4-6-8-12/h11-12H,2-10,14H2,1H3,(H,15,16). The molecule has 0 bridgehead atoms. The summed E-state index contributed by atoms with van der Waals surface area (Å²) in [6.45, 7) is 1.95. The summed E-state index contributed by atoms with van der Waals surface area (Å²) in [5, 5.41) is 3.15. The summed E-state index contributed by atoms with van der Waals surface area (Å²) in [7, 11) is 0. The molecule has 3 nitrogen and oxygen atoms in total. The number of rotatable bonds is 4. The fourth-order valence-corrected chi connectivity index (χ4v) is 2.26. The number of carbonyl (C=O) groups excluding carboxylic acids is 1. The second-order valence-electron chi connectivity index (χ2n) is 5.13. The molecule has 0 radical (unpaired) electrons. The lowest BCUT2D eigenvalue weighted by atomic mass is 9.96. The molecule has 94 valence electrons. The Balaban J connectivity index is 2.19. The summed E-state index contributed by atoms with van der Waals surface area (Å²) in [4.78, 5) is 11.6. The molecule has 1 atom stereocenters. The highest BCUT2D eigenvalue weighted by Crippen LogP contribution is 2.17. The molecule has 16 heavy (non-hydrogen) atoms. The molecule has 0 aliphatic heterocycles. The van der Waals surface area contributed by atoms with Crippen molar-refractivity contribution in [1.82, 2.24) is 5.32 Å². The number of nitrogens with one attached hydrogen (secondary N) is 1. The maximum absolute atomic E-state index is 11.6. The van der Waals surface area contributed by atoms with Crippen LogP contribution in [0, 0.1) is 0 Å². The Kier molecular flexibility index (Phi) is 6.46. The van der Waals surface area contributed by atoms with E-state index in [1.165, 1.54) is 32.1 Å². The molecule has 0 aromatic rings. The van der Waals surface area contributed by atoms with Crippen LogP contribution >= 0.6 is 0 Å². The fourth-order valence-electron chi connectivity index (χ4n) is 2.26. The average molecular weight is 226 g/mol. The average Bonchev–Trinajstić information content (AvgIpc) is 2.19. The second kappa shape index (κ2) is 7.66. The van der Waals surface area contributed by atoms with E-state index in [-0.39, 0.29) is 11.9 Å². The van der Waals surface area contributed by atoms with Crippen LogP contribution in [0.1, 0.15) is 64.7 Å². The van der Waals surface area contributed by atoms with Gasteiger partial charge in [-0.2, -0.15) is 0 Å². The predicted molar refractivity (Wildman–Crippen MR) is 67.1 cm³/mol. The first kappa shape index (κ1) is 13.5. The number of nitrogens with two attached hydrogens (primary N) is 1. The van der Waals surface area contributed by atoms with Crippen molar-refractivity contribution >= 4 is 5.91 Å². The van der Waals surface area contributed by atoms with E-state index in [4.69, 9.17) is 5.73 Å². The Labute approximate surface area is 99.2 Å². The van der Waals surface area contributed by atoms with E-state index in [9.17, 15) is 4.79 Å². The summed E-state index contributed by atoms with van der Waals surface area (Å²) in [5.41, 5.74) is 5.64. The van der Waals surface area contributed by atoms with Gasteiger partial charge in [0, 0.05) is 18.5 Å². The number of hydrogen-bond acceptors (Lipinski definition) is 2. The Bertz CT molecular complexity index is 196. The van der Waals surface area contributed by atoms with Crippen LogP contribution in [0.25, 0.3) is 0 Å². The first-order valence-corrected chi connectivity index (χ1v) is 6.73. The third kappa shape index (κ3) is 6.11. The van der Waals surface area contributed by atoms with Crippen LogP contribution in [0.4, 0.5) is 0 Å². The van der Waals surface area contributed by atoms with Gasteiger partial charge in [0.05, 0.1) is 0 Å². The van der Waals surface area contributed by atoms with Crippen LogP contribution in [-0.2, 0) is 4.79 Å². The molecule has 1 aliphatic rings. The third-order valence-electron chi connectivity index (χ3n) is 3.30. The third-order valence-corrected chi connectivity index (χ3v) is 3.30. The van der Waals surface area contributed by atoms with Gasteiger partial charge in [0.1, 0.15) is 0 Å². The van der Waals surface area contributed by atoms with Gasteiger partial charge in [0.25, 0.3) is 0 Å². The Morgan fingerprint density at radius 3 is 2.38 bits per heavy atom. The van der Waals surface area contributed by atoms with E-state index >= 15 is 0 Å². The van der Waals surface area contributed by atoms with Crippen LogP contribution in [0.15, 0.2) is 0 Å². The topological polar surface area (TPSA) is 55.1 Å². The second-order valence-corrected chi connectivity index (χ2v) is 5.13. The zero-order valence-electron chi connectivity index (χ0n) is 10.5. The zero-order chi connectivity index (χ0) is 11.8. The first-order valence-electron chi connectivity index (χ1n) is 6.73. The lowest BCUT2D eigenvalue weighted by Gasteiger charge is -2.21. The first-order chi connectivity index (χ1) is 7.68. The van der Waals surface area contributed by atoms with Crippen molar-refractivity contribution in [1.29, 1.82) is 0 Å². The molecule has 1 rings (SSSR count). The Morgan fingerprint density at radius 1 is 1.25 bits per heavy atom. The number of carbonyl (C=O) groups is 1. The largest absolute Gasteiger partial charge is 0.353 e. The van der Waals surface area contributed by atoms with Gasteiger partial charge in [-0.1, -0.05) is 32.1 Å². The predicted octanol–water partition coefficient (Wildman–Crippen LogP) is 2.34. The van der Waals surface area contributed by atoms with Crippen LogP contribution in [0.3, 0.4) is 0 Å². The van der Waals surface area contributed by atoms with E-state index in [0.29, 0.717) is 12.5 Å². The minimum Gasteiger partial charge on any atom is -0.353 e. The maximum Gasteiger partial charge on any atom is 0.220 e. The van der Waals surface area contributed by atoms with Gasteiger partial charge >= 0.3 is 0 Å². The van der Waals surface area contributed by atoms with Crippen LogP contribution < -0.4 is 11.1 Å². The lowest BCUT2D eigenvalue weighted by Crippen LogP contribution is -2.35. The van der Waals surface area contributed by atoms with Crippen molar-refractivity contribution in [2.24, 2.45) is 5.73 Å². The Morgan fingerprint density at radius 2 is 1.81 bits per heavy atom. The van der Waals surface area contributed by atoms with Crippen molar-refractivity contribution < 1.29 is 4.79 Å². The molecule has 1 aliphatic carbocycles. The van der Waals surface area contributed by atoms with E-state index in [1.54, 1.807) is 0 Å². The summed E-state index contributed by atoms with van der Waals surface area (Å²) in [5.74, 6) is 0.183. The highest BCUT2D eigenvalue weighted by atomic mass is 16.1. The zero-order valence-corrected chi connectivity index (χ0v) is 10.5. The number of amides is 1. The summed E-state index contributed by atoms with van der Waals surface area (Å²) >= 11 is 0.